The summed E-state index contributed by atoms with van der Waals surface area (Å²) in [5.41, 5.74) is -23.6. The Labute approximate surface area is 555 Å². The van der Waals surface area contributed by atoms with Crippen molar-refractivity contribution in [2.24, 2.45) is 0 Å². The van der Waals surface area contributed by atoms with Gasteiger partial charge in [-0.15, -0.1) is 0 Å². The average Bonchev–Trinajstić information content (AvgIpc) is 2.75. The Bertz CT molecular complexity index is 1590. The summed E-state index contributed by atoms with van der Waals surface area (Å²) in [7, 11) is -78.1. The van der Waals surface area contributed by atoms with Crippen molar-refractivity contribution in [3.05, 3.63) is 0 Å². The molecule has 0 heterocycles. The molecule has 0 bridgehead atoms. The van der Waals surface area contributed by atoms with Crippen LogP contribution in [0.4, 0.5) is 0 Å². The SMILES string of the molecule is O=P([O-])([O-])C(N(CCN(C(P(=O)([O-])[O-])P(=O)([O-])[O-])C(P(=O)([O-])[O-])P(=O)([O-])[O-])CCN(C(P(=O)([O-])[O-])P(=O)([O-])[O-])C(P(=O)([O-])[O-])P(=O)([O-])[O-])P(=O)([O-])[O-].O=[Si]([O-])[O-].[Mg+2].[Mg+2].[Mg+2].[Mg+2].[Mg+2].[Mg+2].[Mg+2].[Mg+2].[Mg+2].[Mg+2].[Mg+2]. The molecule has 0 aliphatic rings. The van der Waals surface area contributed by atoms with E-state index in [0.29, 0.717) is 0 Å². The summed E-state index contributed by atoms with van der Waals surface area (Å²) in [6, 6.07) is 0. The van der Waals surface area contributed by atoms with Gasteiger partial charge >= 0.3 is 254 Å². The Morgan fingerprint density at radius 3 is 0.463 bits per heavy atom. The largest absolute Gasteiger partial charge is 2.00 e. The van der Waals surface area contributed by atoms with E-state index in [9.17, 15) is 144 Å². The second-order valence-electron chi connectivity index (χ2n) is 9.89. The fourth-order valence-electron chi connectivity index (χ4n) is 4.25. The van der Waals surface area contributed by atoms with E-state index in [0.717, 1.165) is 0 Å². The molecule has 0 N–H and O–H groups in total. The van der Waals surface area contributed by atoms with E-state index >= 15 is 0 Å². The Balaban J connectivity index is -0.000000169. The second-order valence-corrected chi connectivity index (χ2v) is 28.1. The molecule has 0 spiro atoms. The van der Waals surface area contributed by atoms with Crippen LogP contribution < -0.4 is 107 Å². The van der Waals surface area contributed by atoms with E-state index in [1.54, 1.807) is 0 Å². The molecule has 338 valence electrons. The summed E-state index contributed by atoms with van der Waals surface area (Å²) in [6.45, 7) is -10.6. The third-order valence-electron chi connectivity index (χ3n) is 5.63. The monoisotopic (exact) mass is 1290 g/mol. The van der Waals surface area contributed by atoms with E-state index in [-0.39, 0.29) is 254 Å². The van der Waals surface area contributed by atoms with Gasteiger partial charge in [0.25, 0.3) is 0 Å². The Hall–Kier alpha value is 9.43. The molecular weight excluding hydrogens is 1280 g/mol. The Morgan fingerprint density at radius 1 is 0.269 bits per heavy atom. The van der Waals surface area contributed by atoms with Crippen LogP contribution in [0.2, 0.25) is 0 Å². The Morgan fingerprint density at radius 2 is 0.373 bits per heavy atom. The van der Waals surface area contributed by atoms with Crippen LogP contribution >= 0.6 is 76.0 Å². The van der Waals surface area contributed by atoms with Crippen molar-refractivity contribution < 1.29 is 158 Å². The van der Waals surface area contributed by atoms with Gasteiger partial charge in [0, 0.05) is 35.3 Å². The molecule has 0 aromatic carbocycles. The van der Waals surface area contributed by atoms with Gasteiger partial charge in [-0.1, -0.05) is 0 Å². The van der Waals surface area contributed by atoms with Gasteiger partial charge in [0.2, 0.25) is 0 Å². The quantitative estimate of drug-likeness (QED) is 0.0760. The zero-order valence-corrected chi connectivity index (χ0v) is 58.8. The van der Waals surface area contributed by atoms with Crippen LogP contribution in [-0.4, -0.2) is 331 Å². The van der Waals surface area contributed by atoms with Gasteiger partial charge in [-0.2, -0.15) is 0 Å². The maximum absolute atomic E-state index is 11.8. The first-order chi connectivity index (χ1) is 23.9. The van der Waals surface area contributed by atoms with Crippen LogP contribution in [0.15, 0.2) is 0 Å². The van der Waals surface area contributed by atoms with Crippen LogP contribution in [-0.2, 0) is 50.1 Å². The maximum atomic E-state index is 11.8. The molecule has 0 saturated heterocycles. The summed E-state index contributed by atoms with van der Waals surface area (Å²) >= 11 is 0. The number of hydrogen-bond acceptors (Lipinski definition) is 36. The van der Waals surface area contributed by atoms with E-state index < -0.39 is 154 Å². The topological polar surface area (TPSA) is 705 Å². The molecule has 0 radical (unpaired) electrons. The van der Waals surface area contributed by atoms with Gasteiger partial charge in [-0.3, -0.25) is 14.7 Å². The third-order valence-corrected chi connectivity index (χ3v) is 22.8. The van der Waals surface area contributed by atoms with Crippen molar-refractivity contribution in [2.75, 3.05) is 26.2 Å². The molecule has 0 aliphatic carbocycles. The van der Waals surface area contributed by atoms with Crippen LogP contribution in [0.5, 0.6) is 0 Å². The minimum absolute atomic E-state index is 0. The molecule has 36 nitrogen and oxygen atoms in total. The van der Waals surface area contributed by atoms with Gasteiger partial charge in [-0.25, -0.2) is 0 Å². The second kappa shape index (κ2) is 41.4. The smallest absolute Gasteiger partial charge is 0.809 e. The van der Waals surface area contributed by atoms with E-state index in [4.69, 9.17) is 14.1 Å². The van der Waals surface area contributed by atoms with Gasteiger partial charge < -0.3 is 158 Å². The zero-order valence-electron chi connectivity index (χ0n) is 33.3. The molecule has 0 unspecified atom stereocenters. The standard InChI is InChI=1S/C9H33N3O30P10.11Mg.O3Si/c13-43(14,15)5(44(16,17)18)10(1-3-11(6(45(19,20)21)46(22,23)24)7(47(25,26)27)48(28,29)30)2-4-12(8(49(31,32)33)50(34,35)36)9(51(37,38)39)52(40,41)42;;;;;;;;;;;;1-4(2)3/h5-9H,1-4H2,(H2,13,14,15)(H2,16,17,18)(H2,19,20,21)(H2,22,23,24)(H2,25,26,27)(H2,28,29,30)(H2,31,32,33)(H2,34,35,36)(H2,37,38,39)(H2,40,41,42);;;;;;;;;;;;/q;11*+2;-2/p-20. The van der Waals surface area contributed by atoms with E-state index in [1.165, 1.54) is 0 Å². The van der Waals surface area contributed by atoms with Crippen molar-refractivity contribution in [1.82, 2.24) is 14.7 Å². The summed E-state index contributed by atoms with van der Waals surface area (Å²) in [5, 5.41) is 0. The van der Waals surface area contributed by atoms with E-state index in [2.05, 4.69) is 0 Å². The minimum atomic E-state index is -7.47. The molecule has 0 aromatic rings. The molecule has 67 heavy (non-hydrogen) atoms. The molecule has 58 heteroatoms. The molecule has 0 aliphatic heterocycles. The first-order valence-electron chi connectivity index (χ1n) is 12.2. The average molecular weight is 1300 g/mol. The minimum Gasteiger partial charge on any atom is -0.809 e. The fourth-order valence-corrected chi connectivity index (χ4v) is 18.2. The summed E-state index contributed by atoms with van der Waals surface area (Å²) < 4.78 is 125. The number of nitrogens with zero attached hydrogens (tertiary/aromatic N) is 3. The van der Waals surface area contributed by atoms with Gasteiger partial charge in [0.05, 0.1) is 27.6 Å². The molecular formula is C9H13Mg11N3O33P10Si. The fraction of sp³-hybridized carbons (Fsp3) is 1.00. The molecule has 0 fully saturated rings. The number of hydrogen-bond donors (Lipinski definition) is 0. The molecule has 0 rings (SSSR count). The van der Waals surface area contributed by atoms with Crippen molar-refractivity contribution in [3.63, 3.8) is 0 Å². The normalized spacial score (nSPS) is 12.7. The maximum Gasteiger partial charge on any atom is 2.00 e. The van der Waals surface area contributed by atoms with Crippen molar-refractivity contribution in [2.45, 2.75) is 27.6 Å². The van der Waals surface area contributed by atoms with E-state index in [1.807, 2.05) is 0 Å². The molecule has 0 saturated carbocycles. The van der Waals surface area contributed by atoms with Crippen molar-refractivity contribution in [3.8, 4) is 0 Å². The van der Waals surface area contributed by atoms with Gasteiger partial charge in [-0.05, 0) is 76.0 Å². The van der Waals surface area contributed by atoms with Crippen LogP contribution in [0, 0.1) is 0 Å². The molecule has 0 aromatic heterocycles. The summed E-state index contributed by atoms with van der Waals surface area (Å²) in [4.78, 5) is 246. The predicted octanol–water partition coefficient (Wildman–Crippen LogP) is -24.6. The third kappa shape index (κ3) is 41.1. The summed E-state index contributed by atoms with van der Waals surface area (Å²) in [5.74, 6) is 0. The Kier molecular flexibility index (Phi) is 66.8. The zero-order chi connectivity index (χ0) is 46.0. The van der Waals surface area contributed by atoms with Crippen molar-refractivity contribution in [1.29, 1.82) is 0 Å². The van der Waals surface area contributed by atoms with Crippen LogP contribution in [0.1, 0.15) is 0 Å². The first kappa shape index (κ1) is 108. The molecule has 0 amide bonds. The van der Waals surface area contributed by atoms with Crippen molar-refractivity contribution >= 4 is 339 Å². The number of rotatable bonds is 21. The first-order valence-corrected chi connectivity index (χ1v) is 29.6. The van der Waals surface area contributed by atoms with Crippen LogP contribution in [0.3, 0.4) is 0 Å². The van der Waals surface area contributed by atoms with Gasteiger partial charge in [0.15, 0.2) is 0 Å². The predicted molar refractivity (Wildman–Crippen MR) is 190 cm³/mol. The van der Waals surface area contributed by atoms with Crippen LogP contribution in [0.25, 0.3) is 0 Å². The summed E-state index contributed by atoms with van der Waals surface area (Å²) in [6.07, 6.45) is 0. The van der Waals surface area contributed by atoms with Gasteiger partial charge in [0.1, 0.15) is 0 Å². The molecule has 0 atom stereocenters.